The molecule has 0 aromatic heterocycles. The van der Waals surface area contributed by atoms with E-state index in [1.54, 1.807) is 0 Å². The summed E-state index contributed by atoms with van der Waals surface area (Å²) in [5.41, 5.74) is 0. The van der Waals surface area contributed by atoms with Crippen molar-refractivity contribution in [3.05, 3.63) is 60.7 Å². The molecule has 1 fully saturated rings. The lowest BCUT2D eigenvalue weighted by Gasteiger charge is -2.34. The second-order valence-electron chi connectivity index (χ2n) is 7.33. The van der Waals surface area contributed by atoms with Gasteiger partial charge in [-0.05, 0) is 31.9 Å². The third-order valence-electron chi connectivity index (χ3n) is 5.87. The highest BCUT2D eigenvalue weighted by Crippen LogP contribution is 2.31. The molecule has 128 valence electrons. The number of aliphatic hydroxyl groups excluding tert-OH is 1. The highest BCUT2D eigenvalue weighted by molar-refractivity contribution is 7.01. The Morgan fingerprint density at radius 2 is 1.54 bits per heavy atom. The Balaban J connectivity index is 1.91. The van der Waals surface area contributed by atoms with Crippen LogP contribution in [-0.4, -0.2) is 32.4 Å². The van der Waals surface area contributed by atoms with E-state index in [1.807, 2.05) is 7.05 Å². The molecule has 0 heterocycles. The van der Waals surface area contributed by atoms with Gasteiger partial charge in [-0.25, -0.2) is 0 Å². The summed E-state index contributed by atoms with van der Waals surface area (Å²) in [6, 6.07) is 23.0. The van der Waals surface area contributed by atoms with E-state index in [0.717, 1.165) is 12.5 Å². The molecule has 0 radical (unpaired) electrons. The highest BCUT2D eigenvalue weighted by atomic mass is 28.3. The predicted octanol–water partition coefficient (Wildman–Crippen LogP) is 2.63. The minimum atomic E-state index is -1.95. The minimum Gasteiger partial charge on any atom is -0.393 e. The van der Waals surface area contributed by atoms with Gasteiger partial charge in [0.15, 0.2) is 0 Å². The number of hydrogen-bond donors (Lipinski definition) is 2. The highest BCUT2D eigenvalue weighted by Gasteiger charge is 2.39. The summed E-state index contributed by atoms with van der Waals surface area (Å²) in [5, 5.41) is 17.3. The van der Waals surface area contributed by atoms with Gasteiger partial charge in [-0.2, -0.15) is 0 Å². The van der Waals surface area contributed by atoms with Crippen LogP contribution in [-0.2, 0) is 0 Å². The molecule has 1 saturated carbocycles. The van der Waals surface area contributed by atoms with Crippen molar-refractivity contribution in [2.45, 2.75) is 44.0 Å². The van der Waals surface area contributed by atoms with Crippen LogP contribution in [0.1, 0.15) is 19.3 Å². The van der Waals surface area contributed by atoms with E-state index < -0.39 is 8.07 Å². The molecule has 1 unspecified atom stereocenters. The van der Waals surface area contributed by atoms with Crippen molar-refractivity contribution in [2.75, 3.05) is 7.05 Å². The molecular weight excluding hydrogens is 310 g/mol. The average molecular weight is 340 g/mol. The number of nitrogens with one attached hydrogen (secondary N) is 1. The van der Waals surface area contributed by atoms with Gasteiger partial charge >= 0.3 is 0 Å². The van der Waals surface area contributed by atoms with Crippen molar-refractivity contribution in [1.29, 1.82) is 0 Å². The SMILES string of the molecule is CN[C@H]1CCCC1[C@H](O)C[Si](C)(c1ccccc1)c1ccccc1. The number of rotatable bonds is 6. The van der Waals surface area contributed by atoms with Crippen molar-refractivity contribution >= 4 is 18.4 Å². The molecule has 2 aromatic carbocycles. The van der Waals surface area contributed by atoms with Crippen LogP contribution >= 0.6 is 0 Å². The molecule has 24 heavy (non-hydrogen) atoms. The monoisotopic (exact) mass is 339 g/mol. The van der Waals surface area contributed by atoms with E-state index in [0.29, 0.717) is 12.0 Å². The zero-order chi connectivity index (χ0) is 17.0. The maximum absolute atomic E-state index is 11.1. The van der Waals surface area contributed by atoms with Crippen LogP contribution in [0.3, 0.4) is 0 Å². The van der Waals surface area contributed by atoms with Crippen LogP contribution in [0.2, 0.25) is 12.6 Å². The maximum Gasteiger partial charge on any atom is 0.117 e. The van der Waals surface area contributed by atoms with E-state index in [9.17, 15) is 5.11 Å². The molecule has 2 nitrogen and oxygen atoms in total. The zero-order valence-electron chi connectivity index (χ0n) is 14.8. The summed E-state index contributed by atoms with van der Waals surface area (Å²) in [4.78, 5) is 0. The van der Waals surface area contributed by atoms with E-state index in [4.69, 9.17) is 0 Å². The average Bonchev–Trinajstić information content (AvgIpc) is 3.12. The van der Waals surface area contributed by atoms with Crippen LogP contribution < -0.4 is 15.7 Å². The third kappa shape index (κ3) is 3.48. The second-order valence-corrected chi connectivity index (χ2v) is 11.6. The van der Waals surface area contributed by atoms with Gasteiger partial charge in [-0.3, -0.25) is 0 Å². The molecule has 1 aliphatic rings. The van der Waals surface area contributed by atoms with E-state index in [2.05, 4.69) is 72.5 Å². The summed E-state index contributed by atoms with van der Waals surface area (Å²) < 4.78 is 0. The smallest absolute Gasteiger partial charge is 0.117 e. The Bertz CT molecular complexity index is 591. The number of benzene rings is 2. The van der Waals surface area contributed by atoms with E-state index >= 15 is 0 Å². The van der Waals surface area contributed by atoms with E-state index in [-0.39, 0.29) is 6.10 Å². The molecule has 3 atom stereocenters. The summed E-state index contributed by atoms with van der Waals surface area (Å²) in [7, 11) is 0.0761. The molecule has 0 bridgehead atoms. The van der Waals surface area contributed by atoms with Crippen molar-refractivity contribution < 1.29 is 5.11 Å². The van der Waals surface area contributed by atoms with Gasteiger partial charge in [-0.15, -0.1) is 0 Å². The van der Waals surface area contributed by atoms with Gasteiger partial charge < -0.3 is 10.4 Å². The van der Waals surface area contributed by atoms with Crippen molar-refractivity contribution in [3.8, 4) is 0 Å². The van der Waals surface area contributed by atoms with Crippen LogP contribution in [0.25, 0.3) is 0 Å². The Kier molecular flexibility index (Phi) is 5.54. The van der Waals surface area contributed by atoms with Crippen LogP contribution in [0.4, 0.5) is 0 Å². The topological polar surface area (TPSA) is 32.3 Å². The second kappa shape index (κ2) is 7.64. The largest absolute Gasteiger partial charge is 0.393 e. The summed E-state index contributed by atoms with van der Waals surface area (Å²) in [6.45, 7) is 2.41. The lowest BCUT2D eigenvalue weighted by atomic mass is 9.98. The van der Waals surface area contributed by atoms with Crippen LogP contribution in [0.5, 0.6) is 0 Å². The Morgan fingerprint density at radius 1 is 1.00 bits per heavy atom. The first kappa shape index (κ1) is 17.4. The molecule has 0 saturated heterocycles. The summed E-state index contributed by atoms with van der Waals surface area (Å²) >= 11 is 0. The molecule has 1 aliphatic carbocycles. The minimum absolute atomic E-state index is 0.234. The molecular formula is C21H29NOSi. The third-order valence-corrected chi connectivity index (χ3v) is 10.3. The molecule has 2 N–H and O–H groups in total. The molecule has 0 aliphatic heterocycles. The van der Waals surface area contributed by atoms with Crippen LogP contribution in [0, 0.1) is 5.92 Å². The lowest BCUT2D eigenvalue weighted by molar-refractivity contribution is 0.113. The van der Waals surface area contributed by atoms with Gasteiger partial charge in [-0.1, -0.05) is 84.0 Å². The Labute approximate surface area is 146 Å². The molecule has 3 rings (SSSR count). The normalized spacial score (nSPS) is 22.5. The first-order chi connectivity index (χ1) is 11.6. The molecule has 0 amide bonds. The van der Waals surface area contributed by atoms with E-state index in [1.165, 1.54) is 23.2 Å². The zero-order valence-corrected chi connectivity index (χ0v) is 15.8. The van der Waals surface area contributed by atoms with Gasteiger partial charge in [0.05, 0.1) is 6.10 Å². The fraction of sp³-hybridized carbons (Fsp3) is 0.429. The van der Waals surface area contributed by atoms with Crippen LogP contribution in [0.15, 0.2) is 60.7 Å². The van der Waals surface area contributed by atoms with Gasteiger partial charge in [0.1, 0.15) is 8.07 Å². The van der Waals surface area contributed by atoms with Gasteiger partial charge in [0, 0.05) is 6.04 Å². The maximum atomic E-state index is 11.1. The Morgan fingerprint density at radius 3 is 2.04 bits per heavy atom. The first-order valence-corrected chi connectivity index (χ1v) is 11.8. The Hall–Kier alpha value is -1.42. The van der Waals surface area contributed by atoms with Gasteiger partial charge in [0.2, 0.25) is 0 Å². The number of aliphatic hydroxyl groups is 1. The lowest BCUT2D eigenvalue weighted by Crippen LogP contribution is -2.58. The van der Waals surface area contributed by atoms with Crippen molar-refractivity contribution in [3.63, 3.8) is 0 Å². The first-order valence-electron chi connectivity index (χ1n) is 9.11. The quantitative estimate of drug-likeness (QED) is 0.793. The summed E-state index contributed by atoms with van der Waals surface area (Å²) in [6.07, 6.45) is 3.32. The predicted molar refractivity (Wildman–Crippen MR) is 105 cm³/mol. The van der Waals surface area contributed by atoms with Crippen molar-refractivity contribution in [1.82, 2.24) is 5.32 Å². The fourth-order valence-corrected chi connectivity index (χ4v) is 8.19. The van der Waals surface area contributed by atoms with Gasteiger partial charge in [0.25, 0.3) is 0 Å². The summed E-state index contributed by atoms with van der Waals surface area (Å²) in [5.74, 6) is 0.384. The van der Waals surface area contributed by atoms with Crippen molar-refractivity contribution in [2.24, 2.45) is 5.92 Å². The molecule has 0 spiro atoms. The number of hydrogen-bond acceptors (Lipinski definition) is 2. The standard InChI is InChI=1S/C21H29NOSi/c1-22-20-15-9-14-19(20)21(23)16-24(2,17-10-5-3-6-11-17)18-12-7-4-8-13-18/h3-8,10-13,19-23H,9,14-16H2,1-2H3/t19?,20-,21+/m0/s1. The molecule has 3 heteroatoms. The fourth-order valence-electron chi connectivity index (χ4n) is 4.39. The molecule has 2 aromatic rings.